The van der Waals surface area contributed by atoms with Gasteiger partial charge in [-0.15, -0.1) is 0 Å². The summed E-state index contributed by atoms with van der Waals surface area (Å²) in [5, 5.41) is 0. The normalized spacial score (nSPS) is 26.8. The minimum atomic E-state index is -0.791. The minimum Gasteiger partial charge on any atom is -0.334 e. The molecule has 7 heteroatoms. The fourth-order valence-corrected chi connectivity index (χ4v) is 4.07. The van der Waals surface area contributed by atoms with E-state index in [0.29, 0.717) is 5.56 Å². The van der Waals surface area contributed by atoms with Crippen molar-refractivity contribution >= 4 is 0 Å². The number of rotatable bonds is 4. The number of benzene rings is 1. The fraction of sp³-hybridized carbons (Fsp3) is 0.500. The Morgan fingerprint density at radius 3 is 3.00 bits per heavy atom. The van der Waals surface area contributed by atoms with Crippen LogP contribution in [0, 0.1) is 17.6 Å². The Labute approximate surface area is 146 Å². The van der Waals surface area contributed by atoms with Gasteiger partial charge >= 0.3 is 0 Å². The number of fused-ring (bicyclic) bond motifs is 1. The molecular weight excluding hydrogens is 324 g/mol. The van der Waals surface area contributed by atoms with Gasteiger partial charge in [-0.05, 0) is 19.4 Å². The molecule has 0 bridgehead atoms. The van der Waals surface area contributed by atoms with Gasteiger partial charge in [0.05, 0.1) is 12.6 Å². The number of nitrogens with zero attached hydrogens (tertiary/aromatic N) is 3. The number of hydrazine groups is 1. The van der Waals surface area contributed by atoms with Crippen molar-refractivity contribution in [1.82, 2.24) is 25.3 Å². The van der Waals surface area contributed by atoms with Crippen LogP contribution in [-0.2, 0) is 13.1 Å². The highest BCUT2D eigenvalue weighted by Crippen LogP contribution is 2.35. The standard InChI is InChI=1S/C18H23F2N5/c1-2-25-9-7-21-16(25)11-24-8-6-15-13(10-24)18(23-22-15)12-4-3-5-14(19)17(12)20/h3-5,7,9,13,15,18,22-23H,2,6,8,10-11H2,1H3. The van der Waals surface area contributed by atoms with Gasteiger partial charge in [0, 0.05) is 49.6 Å². The lowest BCUT2D eigenvalue weighted by Crippen LogP contribution is -2.45. The number of piperidine rings is 1. The number of nitrogens with one attached hydrogen (secondary N) is 2. The molecule has 0 spiro atoms. The van der Waals surface area contributed by atoms with E-state index in [1.54, 1.807) is 12.1 Å². The van der Waals surface area contributed by atoms with Gasteiger partial charge in [-0.25, -0.2) is 19.2 Å². The monoisotopic (exact) mass is 347 g/mol. The van der Waals surface area contributed by atoms with Crippen molar-refractivity contribution in [3.8, 4) is 0 Å². The van der Waals surface area contributed by atoms with Crippen molar-refractivity contribution in [1.29, 1.82) is 0 Å². The Morgan fingerprint density at radius 2 is 2.16 bits per heavy atom. The Hall–Kier alpha value is -1.83. The predicted octanol–water partition coefficient (Wildman–Crippen LogP) is 2.22. The number of hydrogen-bond acceptors (Lipinski definition) is 4. The Morgan fingerprint density at radius 1 is 1.28 bits per heavy atom. The molecule has 0 radical (unpaired) electrons. The number of aromatic nitrogens is 2. The Kier molecular flexibility index (Phi) is 4.54. The lowest BCUT2D eigenvalue weighted by Gasteiger charge is -2.36. The number of likely N-dealkylation sites (tertiary alicyclic amines) is 1. The molecular formula is C18H23F2N5. The van der Waals surface area contributed by atoms with Gasteiger partial charge in [0.2, 0.25) is 0 Å². The van der Waals surface area contributed by atoms with Crippen molar-refractivity contribution < 1.29 is 8.78 Å². The van der Waals surface area contributed by atoms with Gasteiger partial charge in [0.1, 0.15) is 5.82 Å². The van der Waals surface area contributed by atoms with E-state index < -0.39 is 11.6 Å². The molecule has 0 saturated carbocycles. The molecule has 134 valence electrons. The van der Waals surface area contributed by atoms with E-state index in [0.717, 1.165) is 44.5 Å². The molecule has 1 aromatic heterocycles. The molecule has 2 aliphatic rings. The summed E-state index contributed by atoms with van der Waals surface area (Å²) >= 11 is 0. The lowest BCUT2D eigenvalue weighted by atomic mass is 9.85. The van der Waals surface area contributed by atoms with Crippen molar-refractivity contribution in [2.45, 2.75) is 38.5 Å². The van der Waals surface area contributed by atoms with E-state index in [4.69, 9.17) is 0 Å². The quantitative estimate of drug-likeness (QED) is 0.890. The Bertz CT molecular complexity index is 747. The average molecular weight is 347 g/mol. The van der Waals surface area contributed by atoms with Gasteiger partial charge in [-0.3, -0.25) is 10.3 Å². The second kappa shape index (κ2) is 6.82. The molecule has 5 nitrogen and oxygen atoms in total. The zero-order valence-electron chi connectivity index (χ0n) is 14.3. The van der Waals surface area contributed by atoms with Crippen molar-refractivity contribution in [2.75, 3.05) is 13.1 Å². The first-order valence-corrected chi connectivity index (χ1v) is 8.84. The summed E-state index contributed by atoms with van der Waals surface area (Å²) in [4.78, 5) is 6.81. The SMILES string of the molecule is CCn1ccnc1CN1CCC2NNC(c3cccc(F)c3F)C2C1. The molecule has 0 amide bonds. The van der Waals surface area contributed by atoms with Crippen LogP contribution >= 0.6 is 0 Å². The second-order valence-electron chi connectivity index (χ2n) is 6.83. The van der Waals surface area contributed by atoms with E-state index >= 15 is 0 Å². The van der Waals surface area contributed by atoms with Gasteiger partial charge in [-0.2, -0.15) is 0 Å². The van der Waals surface area contributed by atoms with Gasteiger partial charge in [0.15, 0.2) is 11.6 Å². The third-order valence-electron chi connectivity index (χ3n) is 5.42. The van der Waals surface area contributed by atoms with Crippen LogP contribution in [0.5, 0.6) is 0 Å². The molecule has 2 saturated heterocycles. The molecule has 2 N–H and O–H groups in total. The Balaban J connectivity index is 1.52. The minimum absolute atomic E-state index is 0.190. The highest BCUT2D eigenvalue weighted by Gasteiger charge is 2.41. The van der Waals surface area contributed by atoms with Crippen LogP contribution < -0.4 is 10.9 Å². The zero-order chi connectivity index (χ0) is 17.4. The third kappa shape index (κ3) is 3.07. The van der Waals surface area contributed by atoms with E-state index in [2.05, 4.69) is 32.2 Å². The summed E-state index contributed by atoms with van der Waals surface area (Å²) in [7, 11) is 0. The molecule has 1 aromatic carbocycles. The molecule has 3 atom stereocenters. The number of imidazole rings is 1. The highest BCUT2D eigenvalue weighted by atomic mass is 19.2. The van der Waals surface area contributed by atoms with Gasteiger partial charge in [0.25, 0.3) is 0 Å². The van der Waals surface area contributed by atoms with Crippen molar-refractivity contribution in [2.24, 2.45) is 5.92 Å². The summed E-state index contributed by atoms with van der Waals surface area (Å²) in [6, 6.07) is 4.45. The second-order valence-corrected chi connectivity index (χ2v) is 6.83. The van der Waals surface area contributed by atoms with E-state index in [9.17, 15) is 8.78 Å². The maximum Gasteiger partial charge on any atom is 0.163 e. The van der Waals surface area contributed by atoms with E-state index in [1.165, 1.54) is 0 Å². The van der Waals surface area contributed by atoms with Crippen LogP contribution in [0.2, 0.25) is 0 Å². The molecule has 0 aliphatic carbocycles. The first kappa shape index (κ1) is 16.6. The van der Waals surface area contributed by atoms with Crippen molar-refractivity contribution in [3.63, 3.8) is 0 Å². The highest BCUT2D eigenvalue weighted by molar-refractivity contribution is 5.25. The van der Waals surface area contributed by atoms with Gasteiger partial charge in [-0.1, -0.05) is 12.1 Å². The maximum atomic E-state index is 14.2. The van der Waals surface area contributed by atoms with E-state index in [-0.39, 0.29) is 18.0 Å². The van der Waals surface area contributed by atoms with Crippen LogP contribution in [0.3, 0.4) is 0 Å². The average Bonchev–Trinajstić information content (AvgIpc) is 3.24. The number of halogens is 2. The van der Waals surface area contributed by atoms with Crippen LogP contribution in [0.1, 0.15) is 30.8 Å². The first-order chi connectivity index (χ1) is 12.2. The third-order valence-corrected chi connectivity index (χ3v) is 5.42. The van der Waals surface area contributed by atoms with E-state index in [1.807, 2.05) is 12.4 Å². The zero-order valence-corrected chi connectivity index (χ0v) is 14.3. The summed E-state index contributed by atoms with van der Waals surface area (Å²) in [5.74, 6) is -0.301. The molecule has 2 aromatic rings. The summed E-state index contributed by atoms with van der Waals surface area (Å²) in [5.41, 5.74) is 6.85. The molecule has 4 rings (SSSR count). The summed E-state index contributed by atoms with van der Waals surface area (Å²) in [6.45, 7) is 5.56. The topological polar surface area (TPSA) is 45.1 Å². The van der Waals surface area contributed by atoms with Crippen LogP contribution in [0.4, 0.5) is 8.78 Å². The molecule has 3 heterocycles. The van der Waals surface area contributed by atoms with Crippen LogP contribution in [0.25, 0.3) is 0 Å². The van der Waals surface area contributed by atoms with Crippen LogP contribution in [-0.4, -0.2) is 33.6 Å². The molecule has 2 aliphatic heterocycles. The number of aryl methyl sites for hydroxylation is 1. The summed E-state index contributed by atoms with van der Waals surface area (Å²) in [6.07, 6.45) is 4.79. The molecule has 25 heavy (non-hydrogen) atoms. The van der Waals surface area contributed by atoms with Crippen molar-refractivity contribution in [3.05, 3.63) is 53.6 Å². The lowest BCUT2D eigenvalue weighted by molar-refractivity contribution is 0.143. The predicted molar refractivity (Wildman–Crippen MR) is 90.4 cm³/mol. The molecule has 3 unspecified atom stereocenters. The van der Waals surface area contributed by atoms with Gasteiger partial charge < -0.3 is 4.57 Å². The first-order valence-electron chi connectivity index (χ1n) is 8.84. The molecule has 2 fully saturated rings. The fourth-order valence-electron chi connectivity index (χ4n) is 4.07. The smallest absolute Gasteiger partial charge is 0.163 e. The largest absolute Gasteiger partial charge is 0.334 e. The van der Waals surface area contributed by atoms with Crippen LogP contribution in [0.15, 0.2) is 30.6 Å². The maximum absolute atomic E-state index is 14.2. The summed E-state index contributed by atoms with van der Waals surface area (Å²) < 4.78 is 30.0. The number of hydrogen-bond donors (Lipinski definition) is 2.